The van der Waals surface area contributed by atoms with Crippen LogP contribution < -0.4 is 15.2 Å². The fraction of sp³-hybridized carbons (Fsp3) is 0.0769. The predicted molar refractivity (Wildman–Crippen MR) is 76.3 cm³/mol. The third-order valence-corrected chi connectivity index (χ3v) is 4.00. The quantitative estimate of drug-likeness (QED) is 0.746. The molecule has 0 unspecified atom stereocenters. The lowest BCUT2D eigenvalue weighted by Crippen LogP contribution is -2.14. The molecule has 2 aromatic rings. The van der Waals surface area contributed by atoms with Gasteiger partial charge >= 0.3 is 0 Å². The SMILES string of the molecule is COc1cc(N)ccc1S(=O)(=O)Nc1cccc(O)c1. The van der Waals surface area contributed by atoms with Gasteiger partial charge in [0.25, 0.3) is 10.0 Å². The topological polar surface area (TPSA) is 102 Å². The Hall–Kier alpha value is -2.41. The molecular formula is C13H14N2O4S. The number of nitrogen functional groups attached to an aromatic ring is 1. The van der Waals surface area contributed by atoms with Crippen molar-refractivity contribution in [3.63, 3.8) is 0 Å². The number of phenolic OH excluding ortho intramolecular Hbond substituents is 1. The van der Waals surface area contributed by atoms with Crippen LogP contribution in [0.3, 0.4) is 0 Å². The summed E-state index contributed by atoms with van der Waals surface area (Å²) in [5.74, 6) is 0.118. The molecule has 0 aliphatic rings. The van der Waals surface area contributed by atoms with Gasteiger partial charge in [-0.1, -0.05) is 6.07 Å². The van der Waals surface area contributed by atoms with Crippen LogP contribution in [0.25, 0.3) is 0 Å². The summed E-state index contributed by atoms with van der Waals surface area (Å²) in [4.78, 5) is -0.0301. The summed E-state index contributed by atoms with van der Waals surface area (Å²) in [7, 11) is -2.47. The summed E-state index contributed by atoms with van der Waals surface area (Å²) in [6, 6.07) is 10.1. The zero-order valence-corrected chi connectivity index (χ0v) is 11.5. The monoisotopic (exact) mass is 294 g/mol. The molecule has 0 amide bonds. The Morgan fingerprint density at radius 2 is 1.95 bits per heavy atom. The standard InChI is InChI=1S/C13H14N2O4S/c1-19-12-7-9(14)5-6-13(12)20(17,18)15-10-3-2-4-11(16)8-10/h2-8,15-16H,14H2,1H3. The Labute approximate surface area is 116 Å². The van der Waals surface area contributed by atoms with Crippen molar-refractivity contribution < 1.29 is 18.3 Å². The van der Waals surface area contributed by atoms with Gasteiger partial charge < -0.3 is 15.6 Å². The Morgan fingerprint density at radius 1 is 1.20 bits per heavy atom. The van der Waals surface area contributed by atoms with Crippen molar-refractivity contribution in [2.45, 2.75) is 4.90 Å². The summed E-state index contributed by atoms with van der Waals surface area (Å²) in [5, 5.41) is 9.34. The number of ether oxygens (including phenoxy) is 1. The minimum atomic E-state index is -3.83. The van der Waals surface area contributed by atoms with E-state index in [-0.39, 0.29) is 22.1 Å². The van der Waals surface area contributed by atoms with E-state index in [0.717, 1.165) is 0 Å². The predicted octanol–water partition coefficient (Wildman–Crippen LogP) is 1.78. The van der Waals surface area contributed by atoms with Gasteiger partial charge in [-0.2, -0.15) is 0 Å². The van der Waals surface area contributed by atoms with Gasteiger partial charge in [-0.3, -0.25) is 4.72 Å². The fourth-order valence-electron chi connectivity index (χ4n) is 1.69. The molecule has 0 aliphatic heterocycles. The van der Waals surface area contributed by atoms with Crippen LogP contribution in [0.1, 0.15) is 0 Å². The van der Waals surface area contributed by atoms with Crippen LogP contribution in [-0.4, -0.2) is 20.6 Å². The molecule has 0 spiro atoms. The first-order chi connectivity index (χ1) is 9.42. The first-order valence-corrected chi connectivity index (χ1v) is 7.16. The van der Waals surface area contributed by atoms with E-state index in [9.17, 15) is 13.5 Å². The van der Waals surface area contributed by atoms with Crippen molar-refractivity contribution in [1.82, 2.24) is 0 Å². The van der Waals surface area contributed by atoms with Gasteiger partial charge in [0, 0.05) is 17.8 Å². The maximum atomic E-state index is 12.3. The van der Waals surface area contributed by atoms with Crippen molar-refractivity contribution in [3.8, 4) is 11.5 Å². The summed E-state index contributed by atoms with van der Waals surface area (Å²) >= 11 is 0. The number of sulfonamides is 1. The van der Waals surface area contributed by atoms with Crippen LogP contribution in [0, 0.1) is 0 Å². The van der Waals surface area contributed by atoms with Crippen LogP contribution in [-0.2, 0) is 10.0 Å². The van der Waals surface area contributed by atoms with Crippen LogP contribution in [0.4, 0.5) is 11.4 Å². The highest BCUT2D eigenvalue weighted by molar-refractivity contribution is 7.92. The molecule has 0 bridgehead atoms. The number of aromatic hydroxyl groups is 1. The molecule has 20 heavy (non-hydrogen) atoms. The van der Waals surface area contributed by atoms with E-state index in [2.05, 4.69) is 4.72 Å². The molecule has 0 saturated carbocycles. The van der Waals surface area contributed by atoms with E-state index in [1.54, 1.807) is 0 Å². The molecule has 2 rings (SSSR count). The zero-order valence-electron chi connectivity index (χ0n) is 10.7. The van der Waals surface area contributed by atoms with Crippen LogP contribution in [0.5, 0.6) is 11.5 Å². The summed E-state index contributed by atoms with van der Waals surface area (Å²) < 4.78 is 32.0. The molecule has 0 radical (unpaired) electrons. The second-order valence-corrected chi connectivity index (χ2v) is 5.72. The van der Waals surface area contributed by atoms with Crippen molar-refractivity contribution >= 4 is 21.4 Å². The second-order valence-electron chi connectivity index (χ2n) is 4.07. The van der Waals surface area contributed by atoms with Crippen molar-refractivity contribution in [2.75, 3.05) is 17.6 Å². The Morgan fingerprint density at radius 3 is 2.60 bits per heavy atom. The number of hydrogen-bond acceptors (Lipinski definition) is 5. The maximum Gasteiger partial charge on any atom is 0.265 e. The van der Waals surface area contributed by atoms with Crippen molar-refractivity contribution in [2.24, 2.45) is 0 Å². The highest BCUT2D eigenvalue weighted by Crippen LogP contribution is 2.28. The molecule has 0 saturated heterocycles. The largest absolute Gasteiger partial charge is 0.508 e. The average molecular weight is 294 g/mol. The van der Waals surface area contributed by atoms with Crippen LogP contribution in [0.15, 0.2) is 47.4 Å². The number of rotatable bonds is 4. The lowest BCUT2D eigenvalue weighted by Gasteiger charge is -2.12. The third kappa shape index (κ3) is 2.94. The van der Waals surface area contributed by atoms with E-state index in [1.165, 1.54) is 49.6 Å². The average Bonchev–Trinajstić information content (AvgIpc) is 2.37. The van der Waals surface area contributed by atoms with Gasteiger partial charge in [0.15, 0.2) is 0 Å². The van der Waals surface area contributed by atoms with Crippen molar-refractivity contribution in [3.05, 3.63) is 42.5 Å². The third-order valence-electron chi connectivity index (χ3n) is 2.58. The first-order valence-electron chi connectivity index (χ1n) is 5.68. The molecule has 2 aromatic carbocycles. The van der Waals surface area contributed by atoms with E-state index < -0.39 is 10.0 Å². The Balaban J connectivity index is 2.40. The number of methoxy groups -OCH3 is 1. The summed E-state index contributed by atoms with van der Waals surface area (Å²) in [6.07, 6.45) is 0. The minimum Gasteiger partial charge on any atom is -0.508 e. The number of nitrogens with two attached hydrogens (primary N) is 1. The van der Waals surface area contributed by atoms with Gasteiger partial charge in [-0.05, 0) is 24.3 Å². The number of anilines is 2. The number of hydrogen-bond donors (Lipinski definition) is 3. The first kappa shape index (κ1) is 14.0. The molecule has 0 aliphatic carbocycles. The van der Waals surface area contributed by atoms with Crippen LogP contribution in [0.2, 0.25) is 0 Å². The molecule has 7 heteroatoms. The molecule has 0 heterocycles. The molecule has 0 atom stereocenters. The highest BCUT2D eigenvalue weighted by atomic mass is 32.2. The maximum absolute atomic E-state index is 12.3. The van der Waals surface area contributed by atoms with E-state index >= 15 is 0 Å². The van der Waals surface area contributed by atoms with Gasteiger partial charge in [0.05, 0.1) is 12.8 Å². The normalized spacial score (nSPS) is 11.1. The molecule has 4 N–H and O–H groups in total. The van der Waals surface area contributed by atoms with Crippen molar-refractivity contribution in [1.29, 1.82) is 0 Å². The van der Waals surface area contributed by atoms with E-state index in [4.69, 9.17) is 10.5 Å². The number of benzene rings is 2. The molecular weight excluding hydrogens is 280 g/mol. The zero-order chi connectivity index (χ0) is 14.8. The fourth-order valence-corrected chi connectivity index (χ4v) is 2.89. The molecule has 106 valence electrons. The summed E-state index contributed by atoms with van der Waals surface area (Å²) in [5.41, 5.74) is 6.25. The lowest BCUT2D eigenvalue weighted by atomic mass is 10.3. The second kappa shape index (κ2) is 5.30. The Kier molecular flexibility index (Phi) is 3.71. The molecule has 6 nitrogen and oxygen atoms in total. The molecule has 0 fully saturated rings. The number of nitrogens with one attached hydrogen (secondary N) is 1. The minimum absolute atomic E-state index is 0.0301. The van der Waals surface area contributed by atoms with Gasteiger partial charge in [-0.25, -0.2) is 8.42 Å². The smallest absolute Gasteiger partial charge is 0.265 e. The summed E-state index contributed by atoms with van der Waals surface area (Å²) in [6.45, 7) is 0. The number of phenols is 1. The molecule has 0 aromatic heterocycles. The van der Waals surface area contributed by atoms with Gasteiger partial charge in [-0.15, -0.1) is 0 Å². The van der Waals surface area contributed by atoms with Crippen LogP contribution >= 0.6 is 0 Å². The highest BCUT2D eigenvalue weighted by Gasteiger charge is 2.19. The Bertz CT molecular complexity index is 729. The van der Waals surface area contributed by atoms with E-state index in [1.807, 2.05) is 0 Å². The lowest BCUT2D eigenvalue weighted by molar-refractivity contribution is 0.403. The van der Waals surface area contributed by atoms with Gasteiger partial charge in [0.1, 0.15) is 16.4 Å². The van der Waals surface area contributed by atoms with E-state index in [0.29, 0.717) is 5.69 Å². The van der Waals surface area contributed by atoms with Gasteiger partial charge in [0.2, 0.25) is 0 Å².